The lowest BCUT2D eigenvalue weighted by Gasteiger charge is -2.36. The molecular formula is C32H39F3N6O3S. The van der Waals surface area contributed by atoms with E-state index in [1.807, 2.05) is 11.0 Å². The van der Waals surface area contributed by atoms with Crippen LogP contribution in [0, 0.1) is 11.8 Å². The number of likely N-dealkylation sites (N-methyl/N-ethyl adjacent to an activating group) is 1. The number of piperazine rings is 1. The zero-order chi connectivity index (χ0) is 32.2. The molecule has 2 aromatic carbocycles. The van der Waals surface area contributed by atoms with Crippen LogP contribution in [0.25, 0.3) is 10.9 Å². The van der Waals surface area contributed by atoms with Crippen LogP contribution in [-0.2, 0) is 27.8 Å². The maximum absolute atomic E-state index is 13.6. The number of sulfonamides is 1. The van der Waals surface area contributed by atoms with Crippen LogP contribution < -0.4 is 10.5 Å². The number of nitrogens with two attached hydrogens (primary N) is 1. The third kappa shape index (κ3) is 8.79. The molecule has 13 heteroatoms. The van der Waals surface area contributed by atoms with Crippen LogP contribution in [0.2, 0.25) is 0 Å². The Hall–Kier alpha value is -3.57. The van der Waals surface area contributed by atoms with Crippen LogP contribution in [0.3, 0.4) is 0 Å². The number of carbonyl (C=O) groups excluding carboxylic acids is 1. The topological polar surface area (TPSA) is 104 Å². The van der Waals surface area contributed by atoms with Gasteiger partial charge in [-0.2, -0.15) is 13.2 Å². The Balaban J connectivity index is 1.24. The van der Waals surface area contributed by atoms with E-state index in [1.165, 1.54) is 16.7 Å². The summed E-state index contributed by atoms with van der Waals surface area (Å²) in [5.74, 6) is 6.09. The number of benzene rings is 2. The SMILES string of the molecule is CN1CCN(C(=O)CN2CCC(Nc3cccc4c3cc(C#CCCc3ccc(S(N)(=O)=O)cc3)n4CC(F)(F)F)CC2)CC1. The van der Waals surface area contributed by atoms with Gasteiger partial charge < -0.3 is 19.7 Å². The Morgan fingerprint density at radius 2 is 1.71 bits per heavy atom. The Morgan fingerprint density at radius 3 is 2.36 bits per heavy atom. The molecule has 242 valence electrons. The molecule has 0 radical (unpaired) electrons. The second kappa shape index (κ2) is 13.8. The second-order valence-electron chi connectivity index (χ2n) is 11.8. The van der Waals surface area contributed by atoms with E-state index < -0.39 is 22.7 Å². The van der Waals surface area contributed by atoms with Crippen molar-refractivity contribution in [2.45, 2.75) is 49.3 Å². The molecule has 2 aliphatic heterocycles. The molecular weight excluding hydrogens is 605 g/mol. The first-order valence-corrected chi connectivity index (χ1v) is 16.7. The van der Waals surface area contributed by atoms with Gasteiger partial charge in [0.2, 0.25) is 15.9 Å². The van der Waals surface area contributed by atoms with Crippen LogP contribution in [0.15, 0.2) is 53.4 Å². The maximum Gasteiger partial charge on any atom is 0.406 e. The smallest absolute Gasteiger partial charge is 0.382 e. The molecule has 2 fully saturated rings. The zero-order valence-electron chi connectivity index (χ0n) is 25.3. The van der Waals surface area contributed by atoms with Crippen molar-refractivity contribution in [2.24, 2.45) is 5.14 Å². The Labute approximate surface area is 262 Å². The van der Waals surface area contributed by atoms with Crippen LogP contribution in [0.4, 0.5) is 18.9 Å². The van der Waals surface area contributed by atoms with Crippen molar-refractivity contribution >= 4 is 32.5 Å². The van der Waals surface area contributed by atoms with E-state index >= 15 is 0 Å². The lowest BCUT2D eigenvalue weighted by atomic mass is 10.0. The Kier molecular flexibility index (Phi) is 10.1. The molecule has 3 aromatic rings. The van der Waals surface area contributed by atoms with Gasteiger partial charge in [-0.1, -0.05) is 24.1 Å². The van der Waals surface area contributed by atoms with E-state index in [-0.39, 0.29) is 22.5 Å². The van der Waals surface area contributed by atoms with Crippen molar-refractivity contribution in [1.82, 2.24) is 19.3 Å². The van der Waals surface area contributed by atoms with E-state index in [9.17, 15) is 26.4 Å². The summed E-state index contributed by atoms with van der Waals surface area (Å²) in [5, 5.41) is 9.37. The summed E-state index contributed by atoms with van der Waals surface area (Å²) in [6.45, 7) is 4.09. The van der Waals surface area contributed by atoms with Crippen molar-refractivity contribution in [3.05, 3.63) is 59.8 Å². The molecule has 45 heavy (non-hydrogen) atoms. The average molecular weight is 645 g/mol. The van der Waals surface area contributed by atoms with Gasteiger partial charge in [0, 0.05) is 62.8 Å². The molecule has 3 heterocycles. The molecule has 9 nitrogen and oxygen atoms in total. The fourth-order valence-corrected chi connectivity index (χ4v) is 6.39. The molecule has 1 aromatic heterocycles. The molecule has 0 saturated carbocycles. The summed E-state index contributed by atoms with van der Waals surface area (Å²) in [5.41, 5.74) is 2.33. The van der Waals surface area contributed by atoms with Crippen molar-refractivity contribution < 1.29 is 26.4 Å². The Morgan fingerprint density at radius 1 is 1.02 bits per heavy atom. The van der Waals surface area contributed by atoms with Gasteiger partial charge in [0.05, 0.1) is 22.7 Å². The quantitative estimate of drug-likeness (QED) is 0.364. The number of fused-ring (bicyclic) bond motifs is 1. The number of aromatic nitrogens is 1. The van der Waals surface area contributed by atoms with Gasteiger partial charge in [-0.3, -0.25) is 9.69 Å². The number of alkyl halides is 3. The van der Waals surface area contributed by atoms with Gasteiger partial charge in [-0.05, 0) is 68.1 Å². The summed E-state index contributed by atoms with van der Waals surface area (Å²) in [4.78, 5) is 19.1. The van der Waals surface area contributed by atoms with E-state index in [1.54, 1.807) is 30.3 Å². The molecule has 1 amide bonds. The number of carbonyl (C=O) groups is 1. The minimum absolute atomic E-state index is 0.0142. The monoisotopic (exact) mass is 644 g/mol. The summed E-state index contributed by atoms with van der Waals surface area (Å²) < 4.78 is 65.0. The highest BCUT2D eigenvalue weighted by Crippen LogP contribution is 2.31. The first kappa shape index (κ1) is 32.8. The predicted molar refractivity (Wildman–Crippen MR) is 168 cm³/mol. The number of nitrogens with one attached hydrogen (secondary N) is 1. The minimum Gasteiger partial charge on any atom is -0.382 e. The third-order valence-electron chi connectivity index (χ3n) is 8.45. The molecule has 0 spiro atoms. The van der Waals surface area contributed by atoms with Gasteiger partial charge in [0.15, 0.2) is 0 Å². The first-order valence-electron chi connectivity index (χ1n) is 15.1. The van der Waals surface area contributed by atoms with Gasteiger partial charge in [-0.15, -0.1) is 0 Å². The molecule has 0 atom stereocenters. The zero-order valence-corrected chi connectivity index (χ0v) is 26.1. The van der Waals surface area contributed by atoms with E-state index in [0.717, 1.165) is 63.4 Å². The fourth-order valence-electron chi connectivity index (χ4n) is 5.87. The lowest BCUT2D eigenvalue weighted by Crippen LogP contribution is -2.51. The summed E-state index contributed by atoms with van der Waals surface area (Å²) in [6, 6.07) is 13.3. The Bertz CT molecular complexity index is 1660. The molecule has 0 bridgehead atoms. The number of hydrogen-bond acceptors (Lipinski definition) is 6. The molecule has 0 unspecified atom stereocenters. The van der Waals surface area contributed by atoms with Crippen LogP contribution in [0.5, 0.6) is 0 Å². The molecule has 2 aliphatic rings. The number of anilines is 1. The number of likely N-dealkylation sites (tertiary alicyclic amines) is 1. The number of nitrogens with zero attached hydrogens (tertiary/aromatic N) is 4. The van der Waals surface area contributed by atoms with Crippen molar-refractivity contribution in [1.29, 1.82) is 0 Å². The highest BCUT2D eigenvalue weighted by atomic mass is 32.2. The molecule has 5 rings (SSSR count). The normalized spacial score (nSPS) is 17.3. The number of piperidine rings is 1. The number of amides is 1. The molecule has 3 N–H and O–H groups in total. The first-order chi connectivity index (χ1) is 21.4. The van der Waals surface area contributed by atoms with Crippen LogP contribution in [-0.4, -0.2) is 98.7 Å². The predicted octanol–water partition coefficient (Wildman–Crippen LogP) is 3.49. The van der Waals surface area contributed by atoms with Gasteiger partial charge in [0.25, 0.3) is 0 Å². The number of primary sulfonamides is 1. The lowest BCUT2D eigenvalue weighted by molar-refractivity contribution is -0.140. The van der Waals surface area contributed by atoms with Crippen LogP contribution in [0.1, 0.15) is 30.5 Å². The summed E-state index contributed by atoms with van der Waals surface area (Å²) in [7, 11) is -1.72. The van der Waals surface area contributed by atoms with Gasteiger partial charge >= 0.3 is 6.18 Å². The van der Waals surface area contributed by atoms with Crippen LogP contribution >= 0.6 is 0 Å². The van der Waals surface area contributed by atoms with Crippen molar-refractivity contribution in [2.75, 3.05) is 58.2 Å². The highest BCUT2D eigenvalue weighted by molar-refractivity contribution is 7.89. The van der Waals surface area contributed by atoms with E-state index in [4.69, 9.17) is 5.14 Å². The number of rotatable bonds is 8. The summed E-state index contributed by atoms with van der Waals surface area (Å²) >= 11 is 0. The minimum atomic E-state index is -4.43. The molecule has 2 saturated heterocycles. The van der Waals surface area contributed by atoms with E-state index in [2.05, 4.69) is 34.0 Å². The molecule has 0 aliphatic carbocycles. The van der Waals surface area contributed by atoms with Crippen molar-refractivity contribution in [3.63, 3.8) is 0 Å². The largest absolute Gasteiger partial charge is 0.406 e. The van der Waals surface area contributed by atoms with Gasteiger partial charge in [-0.25, -0.2) is 13.6 Å². The summed E-state index contributed by atoms with van der Waals surface area (Å²) in [6.07, 6.45) is -1.90. The number of halogens is 3. The maximum atomic E-state index is 13.6. The second-order valence-corrected chi connectivity index (χ2v) is 13.4. The van der Waals surface area contributed by atoms with Gasteiger partial charge in [0.1, 0.15) is 6.54 Å². The third-order valence-corrected chi connectivity index (χ3v) is 9.38. The van der Waals surface area contributed by atoms with Crippen molar-refractivity contribution in [3.8, 4) is 11.8 Å². The number of aryl methyl sites for hydroxylation is 1. The van der Waals surface area contributed by atoms with E-state index in [0.29, 0.717) is 30.3 Å². The number of hydrogen-bond donors (Lipinski definition) is 2. The fraction of sp³-hybridized carbons (Fsp3) is 0.469. The average Bonchev–Trinajstić information content (AvgIpc) is 3.33. The standard InChI is InChI=1S/C32H39F3N6O3S/c1-38-17-19-40(20-18-38)31(42)22-39-15-13-25(14-16-39)37-29-7-4-8-30-28(29)21-26(41(30)23-32(33,34)35)6-3-2-5-24-9-11-27(12-10-24)45(36,43)44/h4,7-12,21,25,37H,2,5,13-20,22-23H2,1H3,(H2,36,43,44). The highest BCUT2D eigenvalue weighted by Gasteiger charge is 2.30.